The molecule has 0 amide bonds. The number of rotatable bonds is 5. The highest BCUT2D eigenvalue weighted by atomic mass is 19.2. The molecule has 5 rings (SSSR count). The van der Waals surface area contributed by atoms with Gasteiger partial charge in [-0.05, 0) is 47.4 Å². The highest BCUT2D eigenvalue weighted by Crippen LogP contribution is 2.29. The van der Waals surface area contributed by atoms with Crippen LogP contribution in [0, 0.1) is 17.6 Å². The van der Waals surface area contributed by atoms with Crippen molar-refractivity contribution in [3.8, 4) is 28.3 Å². The maximum atomic E-state index is 14.3. The highest BCUT2D eigenvalue weighted by molar-refractivity contribution is 5.75. The summed E-state index contributed by atoms with van der Waals surface area (Å²) < 4.78 is 36.3. The Kier molecular flexibility index (Phi) is 5.27. The summed E-state index contributed by atoms with van der Waals surface area (Å²) in [6.07, 6.45) is 5.38. The number of ether oxygens (including phenoxy) is 1. The van der Waals surface area contributed by atoms with E-state index in [4.69, 9.17) is 10.5 Å². The maximum absolute atomic E-state index is 14.3. The SMILES string of the molecule is Nc1ncc(-c2cn(CC3CCOCC3)nn2)cc1-c1nnnn1-c1cccc(F)c1F. The highest BCUT2D eigenvalue weighted by Gasteiger charge is 2.20. The van der Waals surface area contributed by atoms with E-state index in [1.807, 2.05) is 6.20 Å². The van der Waals surface area contributed by atoms with Crippen LogP contribution in [0.4, 0.5) is 14.6 Å². The first-order chi connectivity index (χ1) is 15.6. The van der Waals surface area contributed by atoms with E-state index in [2.05, 4.69) is 30.8 Å². The summed E-state index contributed by atoms with van der Waals surface area (Å²) in [5.74, 6) is -1.33. The summed E-state index contributed by atoms with van der Waals surface area (Å²) in [4.78, 5) is 4.22. The molecule has 32 heavy (non-hydrogen) atoms. The number of nitrogen functional groups attached to an aromatic ring is 1. The quantitative estimate of drug-likeness (QED) is 0.502. The van der Waals surface area contributed by atoms with Gasteiger partial charge in [0.25, 0.3) is 0 Å². The standard InChI is InChI=1S/C20H19F2N9O/c21-15-2-1-3-17(18(15)22)31-20(26-27-29-31)14-8-13(9-24-19(14)23)16-11-30(28-25-16)10-12-4-6-32-7-5-12/h1-3,8-9,11-12H,4-7,10H2,(H2,23,24). The van der Waals surface area contributed by atoms with E-state index in [1.54, 1.807) is 16.9 Å². The molecule has 0 bridgehead atoms. The second kappa shape index (κ2) is 8.38. The molecule has 1 aliphatic rings. The van der Waals surface area contributed by atoms with Gasteiger partial charge in [-0.2, -0.15) is 4.68 Å². The number of benzene rings is 1. The van der Waals surface area contributed by atoms with E-state index in [1.165, 1.54) is 12.1 Å². The molecule has 4 aromatic rings. The van der Waals surface area contributed by atoms with E-state index in [-0.39, 0.29) is 17.3 Å². The summed E-state index contributed by atoms with van der Waals surface area (Å²) in [5, 5.41) is 19.8. The molecule has 12 heteroatoms. The zero-order valence-corrected chi connectivity index (χ0v) is 16.9. The second-order valence-electron chi connectivity index (χ2n) is 7.53. The lowest BCUT2D eigenvalue weighted by molar-refractivity contribution is 0.0600. The van der Waals surface area contributed by atoms with Crippen LogP contribution in [-0.4, -0.2) is 53.4 Å². The third kappa shape index (κ3) is 3.80. The van der Waals surface area contributed by atoms with Gasteiger partial charge in [0, 0.05) is 31.5 Å². The van der Waals surface area contributed by atoms with Gasteiger partial charge in [-0.25, -0.2) is 13.8 Å². The van der Waals surface area contributed by atoms with Crippen LogP contribution < -0.4 is 5.73 Å². The molecule has 1 aliphatic heterocycles. The van der Waals surface area contributed by atoms with Gasteiger partial charge in [0.05, 0.1) is 11.8 Å². The minimum absolute atomic E-state index is 0.121. The number of aromatic nitrogens is 8. The fraction of sp³-hybridized carbons (Fsp3) is 0.300. The first-order valence-corrected chi connectivity index (χ1v) is 10.1. The minimum atomic E-state index is -1.07. The van der Waals surface area contributed by atoms with Crippen molar-refractivity contribution >= 4 is 5.82 Å². The molecule has 10 nitrogen and oxygen atoms in total. The van der Waals surface area contributed by atoms with Gasteiger partial charge in [-0.15, -0.1) is 10.2 Å². The van der Waals surface area contributed by atoms with Crippen molar-refractivity contribution in [2.45, 2.75) is 19.4 Å². The Balaban J connectivity index is 1.47. The molecule has 1 aromatic carbocycles. The third-order valence-electron chi connectivity index (χ3n) is 5.41. The molecule has 0 radical (unpaired) electrons. The van der Waals surface area contributed by atoms with Crippen LogP contribution in [0.25, 0.3) is 28.3 Å². The fourth-order valence-electron chi connectivity index (χ4n) is 3.68. The van der Waals surface area contributed by atoms with E-state index in [0.717, 1.165) is 43.3 Å². The number of nitrogens with two attached hydrogens (primary N) is 1. The number of hydrogen-bond acceptors (Lipinski definition) is 8. The average molecular weight is 439 g/mol. The summed E-state index contributed by atoms with van der Waals surface area (Å²) in [6, 6.07) is 5.45. The van der Waals surface area contributed by atoms with Crippen LogP contribution in [0.1, 0.15) is 12.8 Å². The molecule has 4 heterocycles. The maximum Gasteiger partial charge on any atom is 0.190 e. The number of halogens is 2. The smallest absolute Gasteiger partial charge is 0.190 e. The Labute approximate surface area is 181 Å². The average Bonchev–Trinajstić information content (AvgIpc) is 3.47. The van der Waals surface area contributed by atoms with Crippen LogP contribution in [-0.2, 0) is 11.3 Å². The molecular weight excluding hydrogens is 420 g/mol. The lowest BCUT2D eigenvalue weighted by Gasteiger charge is -2.21. The molecule has 0 aliphatic carbocycles. The molecule has 0 spiro atoms. The normalized spacial score (nSPS) is 14.7. The van der Waals surface area contributed by atoms with Crippen LogP contribution in [0.5, 0.6) is 0 Å². The van der Waals surface area contributed by atoms with Crippen LogP contribution in [0.15, 0.2) is 36.7 Å². The summed E-state index contributed by atoms with van der Waals surface area (Å²) in [6.45, 7) is 2.28. The minimum Gasteiger partial charge on any atom is -0.383 e. The first kappa shape index (κ1) is 20.1. The number of nitrogens with zero attached hydrogens (tertiary/aromatic N) is 8. The molecule has 2 N–H and O–H groups in total. The number of tetrazole rings is 1. The molecule has 0 saturated carbocycles. The van der Waals surface area contributed by atoms with Gasteiger partial charge in [0.2, 0.25) is 0 Å². The Bertz CT molecular complexity index is 1250. The molecule has 164 valence electrons. The summed E-state index contributed by atoms with van der Waals surface area (Å²) >= 11 is 0. The van der Waals surface area contributed by atoms with Gasteiger partial charge in [-0.1, -0.05) is 11.3 Å². The van der Waals surface area contributed by atoms with Crippen molar-refractivity contribution < 1.29 is 13.5 Å². The van der Waals surface area contributed by atoms with Crippen molar-refractivity contribution in [2.24, 2.45) is 5.92 Å². The predicted octanol–water partition coefficient (Wildman–Crippen LogP) is 2.27. The number of hydrogen-bond donors (Lipinski definition) is 1. The molecule has 1 saturated heterocycles. The second-order valence-corrected chi connectivity index (χ2v) is 7.53. The number of pyridine rings is 1. The fourth-order valence-corrected chi connectivity index (χ4v) is 3.68. The third-order valence-corrected chi connectivity index (χ3v) is 5.41. The number of anilines is 1. The molecular formula is C20H19F2N9O. The van der Waals surface area contributed by atoms with E-state index in [0.29, 0.717) is 22.7 Å². The lowest BCUT2D eigenvalue weighted by atomic mass is 10.0. The van der Waals surface area contributed by atoms with Crippen LogP contribution in [0.3, 0.4) is 0 Å². The Hall–Kier alpha value is -3.80. The summed E-state index contributed by atoms with van der Waals surface area (Å²) in [7, 11) is 0. The molecule has 0 unspecified atom stereocenters. The van der Waals surface area contributed by atoms with Gasteiger partial charge in [0.1, 0.15) is 17.2 Å². The van der Waals surface area contributed by atoms with Crippen molar-refractivity contribution in [3.05, 3.63) is 48.3 Å². The van der Waals surface area contributed by atoms with E-state index in [9.17, 15) is 8.78 Å². The van der Waals surface area contributed by atoms with E-state index >= 15 is 0 Å². The van der Waals surface area contributed by atoms with Crippen LogP contribution >= 0.6 is 0 Å². The zero-order valence-electron chi connectivity index (χ0n) is 16.9. The van der Waals surface area contributed by atoms with Crippen molar-refractivity contribution in [2.75, 3.05) is 18.9 Å². The zero-order chi connectivity index (χ0) is 22.1. The van der Waals surface area contributed by atoms with Crippen molar-refractivity contribution in [1.29, 1.82) is 0 Å². The van der Waals surface area contributed by atoms with Gasteiger partial charge in [0.15, 0.2) is 17.5 Å². The van der Waals surface area contributed by atoms with Crippen LogP contribution in [0.2, 0.25) is 0 Å². The van der Waals surface area contributed by atoms with Gasteiger partial charge < -0.3 is 10.5 Å². The topological polar surface area (TPSA) is 122 Å². The largest absolute Gasteiger partial charge is 0.383 e. The van der Waals surface area contributed by atoms with Gasteiger partial charge >= 0.3 is 0 Å². The molecule has 1 fully saturated rings. The van der Waals surface area contributed by atoms with Crippen molar-refractivity contribution in [3.63, 3.8) is 0 Å². The first-order valence-electron chi connectivity index (χ1n) is 10.1. The predicted molar refractivity (Wildman–Crippen MR) is 109 cm³/mol. The van der Waals surface area contributed by atoms with Gasteiger partial charge in [-0.3, -0.25) is 4.68 Å². The Morgan fingerprint density at radius 2 is 1.97 bits per heavy atom. The van der Waals surface area contributed by atoms with E-state index < -0.39 is 11.6 Å². The Morgan fingerprint density at radius 3 is 2.81 bits per heavy atom. The monoisotopic (exact) mass is 439 g/mol. The van der Waals surface area contributed by atoms with Crippen molar-refractivity contribution in [1.82, 2.24) is 40.2 Å². The lowest BCUT2D eigenvalue weighted by Crippen LogP contribution is -2.20. The Morgan fingerprint density at radius 1 is 1.12 bits per heavy atom. The molecule has 3 aromatic heterocycles. The summed E-state index contributed by atoms with van der Waals surface area (Å²) in [5.41, 5.74) is 7.52. The molecule has 0 atom stereocenters.